The maximum absolute atomic E-state index is 8.98. The Morgan fingerprint density at radius 3 is 2.00 bits per heavy atom. The van der Waals surface area contributed by atoms with Gasteiger partial charge < -0.3 is 10.2 Å². The van der Waals surface area contributed by atoms with Crippen molar-refractivity contribution in [2.45, 2.75) is 47.0 Å². The van der Waals surface area contributed by atoms with E-state index < -0.39 is 0 Å². The Morgan fingerprint density at radius 2 is 1.62 bits per heavy atom. The summed E-state index contributed by atoms with van der Waals surface area (Å²) in [6.45, 7) is 4.74. The minimum Gasteiger partial charge on any atom is -0.396 e. The normalized spacial score (nSPS) is 14.8. The van der Waals surface area contributed by atoms with Gasteiger partial charge in [-0.05, 0) is 31.1 Å². The highest BCUT2D eigenvalue weighted by Gasteiger charge is 2.08. The van der Waals surface area contributed by atoms with E-state index in [9.17, 15) is 0 Å². The van der Waals surface area contributed by atoms with E-state index in [4.69, 9.17) is 10.2 Å². The molecular weight excluding hydrogens is 164 g/mol. The van der Waals surface area contributed by atoms with Crippen LogP contribution in [-0.4, -0.2) is 23.4 Å². The molecule has 0 bridgehead atoms. The first-order valence-electron chi connectivity index (χ1n) is 4.96. The molecule has 0 aromatic rings. The summed E-state index contributed by atoms with van der Waals surface area (Å²) in [5.41, 5.74) is 0. The van der Waals surface area contributed by atoms with Crippen LogP contribution in [0.1, 0.15) is 47.0 Å². The van der Waals surface area contributed by atoms with Gasteiger partial charge in [-0.3, -0.25) is 0 Å². The average Bonchev–Trinajstić information content (AvgIpc) is 2.11. The molecule has 2 unspecified atom stereocenters. The number of hydrogen-bond acceptors (Lipinski definition) is 2. The highest BCUT2D eigenvalue weighted by atomic mass is 16.3. The topological polar surface area (TPSA) is 40.5 Å². The summed E-state index contributed by atoms with van der Waals surface area (Å²) in [4.78, 5) is 0. The molecule has 2 heteroatoms. The van der Waals surface area contributed by atoms with E-state index in [2.05, 4.69) is 6.92 Å². The molecular formula is C11H26O2. The third-order valence-electron chi connectivity index (χ3n) is 2.33. The van der Waals surface area contributed by atoms with E-state index in [1.165, 1.54) is 0 Å². The second-order valence-electron chi connectivity index (χ2n) is 3.70. The van der Waals surface area contributed by atoms with Gasteiger partial charge >= 0.3 is 0 Å². The van der Waals surface area contributed by atoms with Gasteiger partial charge in [-0.2, -0.15) is 0 Å². The smallest absolute Gasteiger partial charge is 0.0459 e. The molecule has 0 aliphatic rings. The van der Waals surface area contributed by atoms with Gasteiger partial charge in [-0.15, -0.1) is 0 Å². The third kappa shape index (κ3) is 8.26. The molecule has 0 fully saturated rings. The summed E-state index contributed by atoms with van der Waals surface area (Å²) in [5, 5.41) is 17.8. The molecule has 0 rings (SSSR count). The molecule has 0 radical (unpaired) electrons. The highest BCUT2D eigenvalue weighted by Crippen LogP contribution is 2.16. The van der Waals surface area contributed by atoms with Crippen molar-refractivity contribution in [3.05, 3.63) is 0 Å². The minimum absolute atomic E-state index is 0. The largest absolute Gasteiger partial charge is 0.396 e. The van der Waals surface area contributed by atoms with Gasteiger partial charge in [0.05, 0.1) is 0 Å². The van der Waals surface area contributed by atoms with E-state index in [0.29, 0.717) is 18.4 Å². The summed E-state index contributed by atoms with van der Waals surface area (Å²) in [5.74, 6) is 0.833. The summed E-state index contributed by atoms with van der Waals surface area (Å²) in [7, 11) is 0. The van der Waals surface area contributed by atoms with E-state index in [1.54, 1.807) is 0 Å². The lowest BCUT2D eigenvalue weighted by Gasteiger charge is -2.14. The van der Waals surface area contributed by atoms with Crippen molar-refractivity contribution in [3.63, 3.8) is 0 Å². The van der Waals surface area contributed by atoms with E-state index in [-0.39, 0.29) is 14.0 Å². The maximum atomic E-state index is 8.98. The van der Waals surface area contributed by atoms with Gasteiger partial charge in [0.25, 0.3) is 0 Å². The SMILES string of the molecule is C.CCCC(CO)CCC(C)CO. The predicted molar refractivity (Wildman–Crippen MR) is 57.7 cm³/mol. The van der Waals surface area contributed by atoms with Crippen LogP contribution in [0.5, 0.6) is 0 Å². The van der Waals surface area contributed by atoms with Crippen molar-refractivity contribution in [2.24, 2.45) is 11.8 Å². The van der Waals surface area contributed by atoms with E-state index in [1.807, 2.05) is 6.92 Å². The molecule has 13 heavy (non-hydrogen) atoms. The number of hydrogen-bond donors (Lipinski definition) is 2. The van der Waals surface area contributed by atoms with E-state index in [0.717, 1.165) is 25.7 Å². The van der Waals surface area contributed by atoms with Crippen LogP contribution < -0.4 is 0 Å². The Bertz CT molecular complexity index is 94.1. The zero-order valence-electron chi connectivity index (χ0n) is 8.29. The second-order valence-corrected chi connectivity index (χ2v) is 3.70. The first-order chi connectivity index (χ1) is 5.74. The Kier molecular flexibility index (Phi) is 11.8. The van der Waals surface area contributed by atoms with Crippen molar-refractivity contribution in [1.82, 2.24) is 0 Å². The summed E-state index contributed by atoms with van der Waals surface area (Å²) < 4.78 is 0. The summed E-state index contributed by atoms with van der Waals surface area (Å²) in [6.07, 6.45) is 4.32. The molecule has 0 aromatic heterocycles. The molecule has 2 nitrogen and oxygen atoms in total. The van der Waals surface area contributed by atoms with Gasteiger partial charge in [0.1, 0.15) is 0 Å². The Hall–Kier alpha value is -0.0800. The third-order valence-corrected chi connectivity index (χ3v) is 2.33. The fourth-order valence-electron chi connectivity index (χ4n) is 1.35. The van der Waals surface area contributed by atoms with Gasteiger partial charge in [0, 0.05) is 13.2 Å². The molecule has 0 spiro atoms. The first kappa shape index (κ1) is 15.4. The molecule has 82 valence electrons. The fraction of sp³-hybridized carbons (Fsp3) is 1.00. The van der Waals surface area contributed by atoms with E-state index >= 15 is 0 Å². The van der Waals surface area contributed by atoms with Crippen molar-refractivity contribution in [1.29, 1.82) is 0 Å². The zero-order chi connectivity index (χ0) is 9.40. The van der Waals surface area contributed by atoms with Gasteiger partial charge in [-0.25, -0.2) is 0 Å². The molecule has 2 atom stereocenters. The minimum atomic E-state index is 0. The predicted octanol–water partition coefficient (Wildman–Crippen LogP) is 2.44. The standard InChI is InChI=1S/C10H22O2.CH4/c1-3-4-10(8-12)6-5-9(2)7-11;/h9-12H,3-8H2,1-2H3;1H4. The molecule has 0 aliphatic carbocycles. The lowest BCUT2D eigenvalue weighted by Crippen LogP contribution is -2.09. The Morgan fingerprint density at radius 1 is 1.00 bits per heavy atom. The number of aliphatic hydroxyl groups excluding tert-OH is 2. The van der Waals surface area contributed by atoms with Crippen LogP contribution in [0.15, 0.2) is 0 Å². The quantitative estimate of drug-likeness (QED) is 0.647. The van der Waals surface area contributed by atoms with Crippen LogP contribution in [-0.2, 0) is 0 Å². The number of aliphatic hydroxyl groups is 2. The Labute approximate surface area is 83.0 Å². The maximum Gasteiger partial charge on any atom is 0.0459 e. The molecule has 0 saturated carbocycles. The van der Waals surface area contributed by atoms with Crippen molar-refractivity contribution < 1.29 is 10.2 Å². The highest BCUT2D eigenvalue weighted by molar-refractivity contribution is 4.60. The molecule has 0 heterocycles. The van der Waals surface area contributed by atoms with Crippen LogP contribution in [0.4, 0.5) is 0 Å². The number of rotatable bonds is 7. The lowest BCUT2D eigenvalue weighted by molar-refractivity contribution is 0.183. The van der Waals surface area contributed by atoms with Crippen LogP contribution >= 0.6 is 0 Å². The molecule has 0 aromatic carbocycles. The van der Waals surface area contributed by atoms with Crippen molar-refractivity contribution in [3.8, 4) is 0 Å². The van der Waals surface area contributed by atoms with Gasteiger partial charge in [-0.1, -0.05) is 27.7 Å². The summed E-state index contributed by atoms with van der Waals surface area (Å²) >= 11 is 0. The van der Waals surface area contributed by atoms with Crippen LogP contribution in [0.25, 0.3) is 0 Å². The monoisotopic (exact) mass is 190 g/mol. The zero-order valence-corrected chi connectivity index (χ0v) is 8.29. The van der Waals surface area contributed by atoms with Gasteiger partial charge in [0.2, 0.25) is 0 Å². The van der Waals surface area contributed by atoms with Crippen LogP contribution in [0.3, 0.4) is 0 Å². The van der Waals surface area contributed by atoms with Crippen LogP contribution in [0.2, 0.25) is 0 Å². The molecule has 0 aliphatic heterocycles. The molecule has 2 N–H and O–H groups in total. The van der Waals surface area contributed by atoms with Crippen molar-refractivity contribution >= 4 is 0 Å². The summed E-state index contributed by atoms with van der Waals surface area (Å²) in [6, 6.07) is 0. The molecule has 0 saturated heterocycles. The Balaban J connectivity index is 0. The lowest BCUT2D eigenvalue weighted by atomic mass is 9.94. The van der Waals surface area contributed by atoms with Gasteiger partial charge in [0.15, 0.2) is 0 Å². The second kappa shape index (κ2) is 10.0. The molecule has 0 amide bonds. The van der Waals surface area contributed by atoms with Crippen LogP contribution in [0, 0.1) is 11.8 Å². The average molecular weight is 190 g/mol. The first-order valence-corrected chi connectivity index (χ1v) is 4.96. The fourth-order valence-corrected chi connectivity index (χ4v) is 1.35. The van der Waals surface area contributed by atoms with Crippen molar-refractivity contribution in [2.75, 3.05) is 13.2 Å².